The topological polar surface area (TPSA) is 41.1 Å². The molecule has 2 N–H and O–H groups in total. The highest BCUT2D eigenvalue weighted by Crippen LogP contribution is 2.36. The van der Waals surface area contributed by atoms with E-state index in [1.807, 2.05) is 0 Å². The van der Waals surface area contributed by atoms with Crippen LogP contribution in [0.4, 0.5) is 0 Å². The van der Waals surface area contributed by atoms with E-state index in [-0.39, 0.29) is 5.41 Å². The van der Waals surface area contributed by atoms with Gasteiger partial charge in [0.05, 0.1) is 0 Å². The minimum Gasteiger partial charge on any atom is -0.353 e. The molecule has 1 aliphatic carbocycles. The molecule has 0 bridgehead atoms. The minimum atomic E-state index is -0.0802. The first kappa shape index (κ1) is 11.9. The average molecular weight is 224 g/mol. The Bertz CT molecular complexity index is 240. The zero-order chi connectivity index (χ0) is 11.4. The Morgan fingerprint density at radius 2 is 1.81 bits per heavy atom. The summed E-state index contributed by atoms with van der Waals surface area (Å²) in [6.07, 6.45) is 8.06. The summed E-state index contributed by atoms with van der Waals surface area (Å²) in [6.45, 7) is 4.23. The molecular weight excluding hydrogens is 200 g/mol. The lowest BCUT2D eigenvalue weighted by atomic mass is 9.75. The summed E-state index contributed by atoms with van der Waals surface area (Å²) in [4.78, 5) is 12.3. The molecule has 16 heavy (non-hydrogen) atoms. The molecule has 3 heteroatoms. The van der Waals surface area contributed by atoms with E-state index in [0.717, 1.165) is 38.8 Å². The maximum atomic E-state index is 12.3. The number of hydrogen-bond acceptors (Lipinski definition) is 2. The molecule has 2 aliphatic rings. The largest absolute Gasteiger partial charge is 0.353 e. The molecule has 0 aromatic carbocycles. The predicted octanol–water partition coefficient (Wildman–Crippen LogP) is 1.82. The maximum absolute atomic E-state index is 12.3. The van der Waals surface area contributed by atoms with E-state index in [9.17, 15) is 4.79 Å². The third-order valence-electron chi connectivity index (χ3n) is 4.18. The van der Waals surface area contributed by atoms with Crippen LogP contribution < -0.4 is 10.6 Å². The van der Waals surface area contributed by atoms with Gasteiger partial charge in [-0.25, -0.2) is 0 Å². The van der Waals surface area contributed by atoms with Crippen LogP contribution in [0.3, 0.4) is 0 Å². The van der Waals surface area contributed by atoms with Gasteiger partial charge in [0.25, 0.3) is 0 Å². The van der Waals surface area contributed by atoms with Gasteiger partial charge in [-0.2, -0.15) is 0 Å². The van der Waals surface area contributed by atoms with Crippen molar-refractivity contribution < 1.29 is 4.79 Å². The van der Waals surface area contributed by atoms with Crippen LogP contribution in [0.25, 0.3) is 0 Å². The SMILES string of the molecule is CC1(C(=O)NC2CCNCC2)CCCCC1. The number of amides is 1. The first-order valence-corrected chi connectivity index (χ1v) is 6.72. The number of carbonyl (C=O) groups is 1. The molecule has 2 rings (SSSR count). The van der Waals surface area contributed by atoms with Gasteiger partial charge in [0.1, 0.15) is 0 Å². The maximum Gasteiger partial charge on any atom is 0.226 e. The molecule has 1 saturated carbocycles. The molecular formula is C13H24N2O. The molecule has 1 saturated heterocycles. The van der Waals surface area contributed by atoms with Crippen LogP contribution in [0.15, 0.2) is 0 Å². The van der Waals surface area contributed by atoms with Gasteiger partial charge in [-0.15, -0.1) is 0 Å². The second kappa shape index (κ2) is 5.17. The third kappa shape index (κ3) is 2.76. The van der Waals surface area contributed by atoms with Crippen molar-refractivity contribution in [2.24, 2.45) is 5.41 Å². The van der Waals surface area contributed by atoms with Gasteiger partial charge in [-0.05, 0) is 38.8 Å². The monoisotopic (exact) mass is 224 g/mol. The molecule has 2 fully saturated rings. The molecule has 0 spiro atoms. The van der Waals surface area contributed by atoms with E-state index in [4.69, 9.17) is 0 Å². The Kier molecular flexibility index (Phi) is 3.85. The van der Waals surface area contributed by atoms with Crippen molar-refractivity contribution in [1.82, 2.24) is 10.6 Å². The fourth-order valence-corrected chi connectivity index (χ4v) is 2.89. The summed E-state index contributed by atoms with van der Waals surface area (Å²) in [7, 11) is 0. The number of nitrogens with one attached hydrogen (secondary N) is 2. The van der Waals surface area contributed by atoms with Gasteiger partial charge >= 0.3 is 0 Å². The third-order valence-corrected chi connectivity index (χ3v) is 4.18. The molecule has 0 aromatic heterocycles. The van der Waals surface area contributed by atoms with Crippen molar-refractivity contribution in [3.05, 3.63) is 0 Å². The van der Waals surface area contributed by atoms with E-state index < -0.39 is 0 Å². The lowest BCUT2D eigenvalue weighted by Gasteiger charge is -2.34. The molecule has 3 nitrogen and oxygen atoms in total. The van der Waals surface area contributed by atoms with Crippen LogP contribution in [0.1, 0.15) is 51.9 Å². The fraction of sp³-hybridized carbons (Fsp3) is 0.923. The molecule has 0 unspecified atom stereocenters. The Labute approximate surface area is 98.4 Å². The van der Waals surface area contributed by atoms with E-state index >= 15 is 0 Å². The first-order valence-electron chi connectivity index (χ1n) is 6.72. The molecule has 1 amide bonds. The highest BCUT2D eigenvalue weighted by Gasteiger charge is 2.35. The van der Waals surface area contributed by atoms with E-state index in [2.05, 4.69) is 17.6 Å². The fourth-order valence-electron chi connectivity index (χ4n) is 2.89. The molecule has 0 radical (unpaired) electrons. The summed E-state index contributed by atoms with van der Waals surface area (Å²) in [6, 6.07) is 0.410. The Balaban J connectivity index is 1.85. The van der Waals surface area contributed by atoms with Crippen LogP contribution in [0.5, 0.6) is 0 Å². The highest BCUT2D eigenvalue weighted by atomic mass is 16.2. The summed E-state index contributed by atoms with van der Waals surface area (Å²) in [5, 5.41) is 6.58. The predicted molar refractivity (Wildman–Crippen MR) is 65.2 cm³/mol. The second-order valence-electron chi connectivity index (χ2n) is 5.62. The van der Waals surface area contributed by atoms with E-state index in [1.165, 1.54) is 19.3 Å². The zero-order valence-electron chi connectivity index (χ0n) is 10.3. The lowest BCUT2D eigenvalue weighted by Crippen LogP contribution is -2.48. The summed E-state index contributed by atoms with van der Waals surface area (Å²) < 4.78 is 0. The van der Waals surface area contributed by atoms with Crippen molar-refractivity contribution in [1.29, 1.82) is 0 Å². The Morgan fingerprint density at radius 1 is 1.19 bits per heavy atom. The molecule has 1 aliphatic heterocycles. The van der Waals surface area contributed by atoms with Crippen molar-refractivity contribution in [3.8, 4) is 0 Å². The van der Waals surface area contributed by atoms with E-state index in [0.29, 0.717) is 11.9 Å². The second-order valence-corrected chi connectivity index (χ2v) is 5.62. The van der Waals surface area contributed by atoms with Gasteiger partial charge in [-0.1, -0.05) is 26.2 Å². The van der Waals surface area contributed by atoms with Gasteiger partial charge in [0.2, 0.25) is 5.91 Å². The first-order chi connectivity index (χ1) is 7.71. The van der Waals surface area contributed by atoms with Crippen molar-refractivity contribution in [2.45, 2.75) is 57.9 Å². The van der Waals surface area contributed by atoms with Crippen LogP contribution >= 0.6 is 0 Å². The van der Waals surface area contributed by atoms with E-state index in [1.54, 1.807) is 0 Å². The lowest BCUT2D eigenvalue weighted by molar-refractivity contribution is -0.132. The minimum absolute atomic E-state index is 0.0802. The molecule has 92 valence electrons. The Hall–Kier alpha value is -0.570. The van der Waals surface area contributed by atoms with Gasteiger partial charge in [0, 0.05) is 11.5 Å². The van der Waals surface area contributed by atoms with Crippen molar-refractivity contribution in [2.75, 3.05) is 13.1 Å². The number of piperidine rings is 1. The molecule has 0 atom stereocenters. The molecule has 1 heterocycles. The number of rotatable bonds is 2. The van der Waals surface area contributed by atoms with Crippen molar-refractivity contribution >= 4 is 5.91 Å². The smallest absolute Gasteiger partial charge is 0.226 e. The van der Waals surface area contributed by atoms with Crippen molar-refractivity contribution in [3.63, 3.8) is 0 Å². The normalized spacial score (nSPS) is 26.3. The van der Waals surface area contributed by atoms with Crippen LogP contribution in [0.2, 0.25) is 0 Å². The number of carbonyl (C=O) groups excluding carboxylic acids is 1. The van der Waals surface area contributed by atoms with Gasteiger partial charge in [-0.3, -0.25) is 4.79 Å². The standard InChI is InChI=1S/C13H24N2O/c1-13(7-3-2-4-8-13)12(16)15-11-5-9-14-10-6-11/h11,14H,2-10H2,1H3,(H,15,16). The average Bonchev–Trinajstić information content (AvgIpc) is 2.31. The van der Waals surface area contributed by atoms with Crippen LogP contribution in [-0.2, 0) is 4.79 Å². The van der Waals surface area contributed by atoms with Crippen LogP contribution in [-0.4, -0.2) is 25.0 Å². The Morgan fingerprint density at radius 3 is 2.44 bits per heavy atom. The summed E-state index contributed by atoms with van der Waals surface area (Å²) >= 11 is 0. The highest BCUT2D eigenvalue weighted by molar-refractivity contribution is 5.82. The quantitative estimate of drug-likeness (QED) is 0.751. The number of hydrogen-bond donors (Lipinski definition) is 2. The van der Waals surface area contributed by atoms with Crippen LogP contribution in [0, 0.1) is 5.41 Å². The molecule has 0 aromatic rings. The summed E-state index contributed by atoms with van der Waals surface area (Å²) in [5.41, 5.74) is -0.0802. The van der Waals surface area contributed by atoms with Gasteiger partial charge in [0.15, 0.2) is 0 Å². The zero-order valence-corrected chi connectivity index (χ0v) is 10.3. The summed E-state index contributed by atoms with van der Waals surface area (Å²) in [5.74, 6) is 0.305. The van der Waals surface area contributed by atoms with Gasteiger partial charge < -0.3 is 10.6 Å².